The number of carbonyl (C=O) groups excluding carboxylic acids is 1. The van der Waals surface area contributed by atoms with Crippen LogP contribution in [0, 0.1) is 17.3 Å². The maximum absolute atomic E-state index is 13.3. The van der Waals surface area contributed by atoms with Gasteiger partial charge in [-0.2, -0.15) is 0 Å². The number of nitrogens with one attached hydrogen (secondary N) is 1. The molecule has 0 unspecified atom stereocenters. The summed E-state index contributed by atoms with van der Waals surface area (Å²) in [5.74, 6) is 1.26. The molecule has 4 aliphatic rings. The van der Waals surface area contributed by atoms with Gasteiger partial charge in [-0.25, -0.2) is 4.79 Å². The van der Waals surface area contributed by atoms with Crippen LogP contribution in [-0.4, -0.2) is 23.5 Å². The van der Waals surface area contributed by atoms with Gasteiger partial charge in [0, 0.05) is 23.9 Å². The summed E-state index contributed by atoms with van der Waals surface area (Å²) in [6.45, 7) is 5.05. The maximum atomic E-state index is 13.3. The third-order valence-corrected chi connectivity index (χ3v) is 7.37. The summed E-state index contributed by atoms with van der Waals surface area (Å²) < 4.78 is 0. The van der Waals surface area contributed by atoms with Crippen molar-refractivity contribution in [3.8, 4) is 0 Å². The summed E-state index contributed by atoms with van der Waals surface area (Å²) in [7, 11) is 0. The highest BCUT2D eigenvalue weighted by atomic mass is 16.2. The Morgan fingerprint density at radius 1 is 1.03 bits per heavy atom. The third-order valence-electron chi connectivity index (χ3n) is 7.37. The molecule has 2 bridgehead atoms. The Morgan fingerprint density at radius 3 is 2.31 bits per heavy atom. The zero-order chi connectivity index (χ0) is 20.0. The van der Waals surface area contributed by atoms with E-state index in [2.05, 4.69) is 90.8 Å². The predicted molar refractivity (Wildman–Crippen MR) is 116 cm³/mol. The second-order valence-corrected chi connectivity index (χ2v) is 8.75. The van der Waals surface area contributed by atoms with Crippen molar-refractivity contribution in [2.75, 3.05) is 6.54 Å². The monoisotopic (exact) mass is 384 g/mol. The van der Waals surface area contributed by atoms with Gasteiger partial charge in [-0.05, 0) is 36.8 Å². The lowest BCUT2D eigenvalue weighted by Gasteiger charge is -2.47. The van der Waals surface area contributed by atoms with Gasteiger partial charge < -0.3 is 10.2 Å². The van der Waals surface area contributed by atoms with Crippen LogP contribution >= 0.6 is 0 Å². The number of amides is 2. The van der Waals surface area contributed by atoms with Crippen LogP contribution in [0.3, 0.4) is 0 Å². The summed E-state index contributed by atoms with van der Waals surface area (Å²) >= 11 is 0. The van der Waals surface area contributed by atoms with E-state index in [1.165, 1.54) is 5.56 Å². The molecule has 0 aromatic heterocycles. The van der Waals surface area contributed by atoms with Crippen LogP contribution in [0.15, 0.2) is 85.0 Å². The van der Waals surface area contributed by atoms with Crippen molar-refractivity contribution in [2.45, 2.75) is 31.8 Å². The molecule has 0 radical (unpaired) electrons. The normalized spacial score (nSPS) is 32.8. The third kappa shape index (κ3) is 2.83. The van der Waals surface area contributed by atoms with Crippen molar-refractivity contribution in [1.29, 1.82) is 0 Å². The first-order chi connectivity index (χ1) is 14.1. The second-order valence-electron chi connectivity index (χ2n) is 8.75. The fourth-order valence-electron chi connectivity index (χ4n) is 5.72. The van der Waals surface area contributed by atoms with Crippen molar-refractivity contribution in [3.05, 3.63) is 96.1 Å². The number of benzene rings is 2. The van der Waals surface area contributed by atoms with Gasteiger partial charge in [-0.3, -0.25) is 0 Å². The predicted octanol–water partition coefficient (Wildman–Crippen LogP) is 5.30. The first-order valence-corrected chi connectivity index (χ1v) is 10.7. The zero-order valence-electron chi connectivity index (χ0n) is 17.0. The second kappa shape index (κ2) is 6.91. The molecule has 148 valence electrons. The fourth-order valence-corrected chi connectivity index (χ4v) is 5.72. The minimum atomic E-state index is -0.0669. The molecule has 3 nitrogen and oxygen atoms in total. The number of hydrogen-bond acceptors (Lipinski definition) is 1. The number of rotatable bonds is 3. The molecular formula is C26H28N2O. The van der Waals surface area contributed by atoms with Gasteiger partial charge in [-0.15, -0.1) is 0 Å². The highest BCUT2D eigenvalue weighted by Crippen LogP contribution is 2.59. The van der Waals surface area contributed by atoms with Gasteiger partial charge in [0.2, 0.25) is 0 Å². The summed E-state index contributed by atoms with van der Waals surface area (Å²) in [4.78, 5) is 15.3. The lowest BCUT2D eigenvalue weighted by atomic mass is 9.56. The Morgan fingerprint density at radius 2 is 1.66 bits per heavy atom. The Kier molecular flexibility index (Phi) is 4.34. The highest BCUT2D eigenvalue weighted by Gasteiger charge is 2.58. The standard InChI is InChI=1S/C26H28N2O/c1-18(20-9-5-3-6-10-20)27-25(29)28-17-23-24(21-11-7-4-8-12-21)22-13-15-26(23,16-14-22)19(28)2/h3-16,18-19,22-24H,17H2,1-2H3,(H,27,29)/t18-,19-,22?,23-,24+,26?/m0/s1. The average Bonchev–Trinajstić information content (AvgIpc) is 3.07. The highest BCUT2D eigenvalue weighted by molar-refractivity contribution is 5.76. The summed E-state index contributed by atoms with van der Waals surface area (Å²) in [6, 6.07) is 21.1. The van der Waals surface area contributed by atoms with E-state index in [1.807, 2.05) is 18.2 Å². The van der Waals surface area contributed by atoms with Crippen LogP contribution in [0.2, 0.25) is 0 Å². The quantitative estimate of drug-likeness (QED) is 0.715. The van der Waals surface area contributed by atoms with E-state index < -0.39 is 0 Å². The Bertz CT molecular complexity index is 935. The molecule has 2 aromatic carbocycles. The molecule has 1 saturated heterocycles. The molecule has 1 N–H and O–H groups in total. The average molecular weight is 385 g/mol. The molecule has 2 amide bonds. The van der Waals surface area contributed by atoms with Gasteiger partial charge in [0.05, 0.1) is 6.04 Å². The van der Waals surface area contributed by atoms with E-state index in [1.54, 1.807) is 0 Å². The van der Waals surface area contributed by atoms with Gasteiger partial charge in [0.1, 0.15) is 0 Å². The van der Waals surface area contributed by atoms with Gasteiger partial charge in [0.15, 0.2) is 0 Å². The molecule has 3 aliphatic carbocycles. The van der Waals surface area contributed by atoms with E-state index >= 15 is 0 Å². The van der Waals surface area contributed by atoms with E-state index in [-0.39, 0.29) is 23.5 Å². The first kappa shape index (κ1) is 18.2. The maximum Gasteiger partial charge on any atom is 0.318 e. The number of nitrogens with zero attached hydrogens (tertiary/aromatic N) is 1. The molecule has 1 fully saturated rings. The molecule has 3 heteroatoms. The molecule has 2 aromatic rings. The van der Waals surface area contributed by atoms with Gasteiger partial charge in [0.25, 0.3) is 0 Å². The number of hydrogen-bond donors (Lipinski definition) is 1. The lowest BCUT2D eigenvalue weighted by molar-refractivity contribution is 0.182. The van der Waals surface area contributed by atoms with Crippen LogP contribution in [0.4, 0.5) is 4.79 Å². The molecular weight excluding hydrogens is 356 g/mol. The van der Waals surface area contributed by atoms with E-state index in [0.29, 0.717) is 17.8 Å². The molecule has 1 aliphatic heterocycles. The Balaban J connectivity index is 1.41. The summed E-state index contributed by atoms with van der Waals surface area (Å²) in [5.41, 5.74) is 2.45. The molecule has 1 spiro atoms. The van der Waals surface area contributed by atoms with Crippen LogP contribution < -0.4 is 5.32 Å². The summed E-state index contributed by atoms with van der Waals surface area (Å²) in [5, 5.41) is 3.23. The number of urea groups is 1. The SMILES string of the molecule is C[C@H](NC(=O)N1C[C@H]2[C@H](c3ccccc3)C3C=CC2(C=C3)[C@@H]1C)c1ccccc1. The van der Waals surface area contributed by atoms with E-state index in [0.717, 1.165) is 12.1 Å². The summed E-state index contributed by atoms with van der Waals surface area (Å²) in [6.07, 6.45) is 9.47. The van der Waals surface area contributed by atoms with Crippen LogP contribution in [0.5, 0.6) is 0 Å². The lowest BCUT2D eigenvalue weighted by Crippen LogP contribution is -2.46. The van der Waals surface area contributed by atoms with Crippen molar-refractivity contribution >= 4 is 6.03 Å². The van der Waals surface area contributed by atoms with Crippen molar-refractivity contribution in [1.82, 2.24) is 10.2 Å². The smallest absolute Gasteiger partial charge is 0.318 e. The van der Waals surface area contributed by atoms with Crippen molar-refractivity contribution < 1.29 is 4.79 Å². The molecule has 29 heavy (non-hydrogen) atoms. The molecule has 6 rings (SSSR count). The number of likely N-dealkylation sites (tertiary alicyclic amines) is 1. The molecule has 0 saturated carbocycles. The van der Waals surface area contributed by atoms with Crippen LogP contribution in [0.1, 0.15) is 36.9 Å². The van der Waals surface area contributed by atoms with Gasteiger partial charge >= 0.3 is 6.03 Å². The zero-order valence-corrected chi connectivity index (χ0v) is 17.0. The fraction of sp³-hybridized carbons (Fsp3) is 0.346. The first-order valence-electron chi connectivity index (χ1n) is 10.7. The van der Waals surface area contributed by atoms with Gasteiger partial charge in [-0.1, -0.05) is 85.0 Å². The van der Waals surface area contributed by atoms with Crippen molar-refractivity contribution in [2.24, 2.45) is 17.3 Å². The van der Waals surface area contributed by atoms with E-state index in [9.17, 15) is 4.79 Å². The Hall–Kier alpha value is -2.81. The number of carbonyl (C=O) groups is 1. The largest absolute Gasteiger partial charge is 0.331 e. The van der Waals surface area contributed by atoms with Crippen LogP contribution in [0.25, 0.3) is 0 Å². The molecule has 4 atom stereocenters. The minimum Gasteiger partial charge on any atom is -0.331 e. The van der Waals surface area contributed by atoms with E-state index in [4.69, 9.17) is 0 Å². The molecule has 1 heterocycles. The van der Waals surface area contributed by atoms with Crippen LogP contribution in [-0.2, 0) is 0 Å². The van der Waals surface area contributed by atoms with Crippen molar-refractivity contribution in [3.63, 3.8) is 0 Å². The Labute approximate surface area is 173 Å². The minimum absolute atomic E-state index is 0.0108. The number of allylic oxidation sites excluding steroid dienone is 2. The topological polar surface area (TPSA) is 32.3 Å².